The van der Waals surface area contributed by atoms with Gasteiger partial charge in [0, 0.05) is 23.0 Å². The van der Waals surface area contributed by atoms with Gasteiger partial charge in [0.15, 0.2) is 5.78 Å². The van der Waals surface area contributed by atoms with Crippen LogP contribution in [0.25, 0.3) is 0 Å². The number of benzene rings is 1. The van der Waals surface area contributed by atoms with Crippen LogP contribution in [0.4, 0.5) is 0 Å². The SMILES string of the molecule is O=C([O-])CCC(=O)c1ccc(C2CCCCC2)c(Cl)c1.[Ca+2]. The molecule has 1 aromatic carbocycles. The maximum atomic E-state index is 11.8. The molecule has 1 aliphatic carbocycles. The van der Waals surface area contributed by atoms with Gasteiger partial charge in [-0.3, -0.25) is 4.79 Å². The Bertz CT molecular complexity index is 510. The summed E-state index contributed by atoms with van der Waals surface area (Å²) in [5, 5.41) is 11.0. The van der Waals surface area contributed by atoms with E-state index >= 15 is 0 Å². The maximum absolute atomic E-state index is 11.8. The molecule has 21 heavy (non-hydrogen) atoms. The van der Waals surface area contributed by atoms with Crippen LogP contribution in [0.3, 0.4) is 0 Å². The van der Waals surface area contributed by atoms with Crippen LogP contribution in [0.1, 0.15) is 66.8 Å². The normalized spacial score (nSPS) is 15.3. The third-order valence-corrected chi connectivity index (χ3v) is 4.25. The minimum atomic E-state index is -1.21. The Morgan fingerprint density at radius 1 is 1.14 bits per heavy atom. The first kappa shape index (κ1) is 19.0. The third-order valence-electron chi connectivity index (χ3n) is 3.92. The van der Waals surface area contributed by atoms with Gasteiger partial charge >= 0.3 is 37.7 Å². The second-order valence-corrected chi connectivity index (χ2v) is 5.77. The summed E-state index contributed by atoms with van der Waals surface area (Å²) in [7, 11) is 0. The molecule has 1 aromatic rings. The number of carboxylic acids is 1. The summed E-state index contributed by atoms with van der Waals surface area (Å²) in [5.74, 6) is -0.918. The number of hydrogen-bond donors (Lipinski definition) is 0. The molecule has 0 radical (unpaired) electrons. The number of carbonyl (C=O) groups is 2. The van der Waals surface area contributed by atoms with Gasteiger partial charge < -0.3 is 9.90 Å². The molecule has 0 aliphatic heterocycles. The summed E-state index contributed by atoms with van der Waals surface area (Å²) < 4.78 is 0. The van der Waals surface area contributed by atoms with Crippen molar-refractivity contribution in [2.45, 2.75) is 50.9 Å². The standard InChI is InChI=1S/C16H19ClO3.Ca/c17-14-10-12(15(18)8-9-16(19)20)6-7-13(14)11-4-2-1-3-5-11;/h6-7,10-11H,1-5,8-9H2,(H,19,20);/q;+2/p-1. The number of ketones is 1. The van der Waals surface area contributed by atoms with E-state index in [1.54, 1.807) is 12.1 Å². The molecule has 1 saturated carbocycles. The quantitative estimate of drug-likeness (QED) is 0.615. The first-order valence-electron chi connectivity index (χ1n) is 7.10. The largest absolute Gasteiger partial charge is 2.00 e. The summed E-state index contributed by atoms with van der Waals surface area (Å²) in [6.45, 7) is 0. The van der Waals surface area contributed by atoms with Crippen LogP contribution in [0, 0.1) is 0 Å². The van der Waals surface area contributed by atoms with Gasteiger partial charge in [-0.05, 0) is 36.8 Å². The molecule has 0 aromatic heterocycles. The van der Waals surface area contributed by atoms with Crippen molar-refractivity contribution in [3.8, 4) is 0 Å². The zero-order valence-electron chi connectivity index (χ0n) is 12.1. The summed E-state index contributed by atoms with van der Waals surface area (Å²) in [6, 6.07) is 5.35. The fourth-order valence-electron chi connectivity index (χ4n) is 2.81. The molecule has 1 aliphatic rings. The molecular weight excluding hydrogens is 316 g/mol. The molecule has 0 N–H and O–H groups in total. The van der Waals surface area contributed by atoms with Crippen molar-refractivity contribution in [2.24, 2.45) is 0 Å². The Kier molecular flexibility index (Phi) is 8.25. The molecule has 3 nitrogen and oxygen atoms in total. The van der Waals surface area contributed by atoms with E-state index in [1.807, 2.05) is 6.07 Å². The maximum Gasteiger partial charge on any atom is 2.00 e. The van der Waals surface area contributed by atoms with Gasteiger partial charge in [-0.15, -0.1) is 0 Å². The zero-order valence-corrected chi connectivity index (χ0v) is 15.0. The van der Waals surface area contributed by atoms with E-state index in [0.29, 0.717) is 16.5 Å². The van der Waals surface area contributed by atoms with Gasteiger partial charge in [-0.2, -0.15) is 0 Å². The summed E-state index contributed by atoms with van der Waals surface area (Å²) in [4.78, 5) is 22.2. The molecule has 0 saturated heterocycles. The third kappa shape index (κ3) is 5.55. The van der Waals surface area contributed by atoms with Crippen molar-refractivity contribution in [3.63, 3.8) is 0 Å². The minimum Gasteiger partial charge on any atom is -0.550 e. The molecular formula is C16H18CaClO3+. The van der Waals surface area contributed by atoms with E-state index in [4.69, 9.17) is 11.6 Å². The molecule has 108 valence electrons. The Hall–Kier alpha value is -0.0903. The number of rotatable bonds is 5. The van der Waals surface area contributed by atoms with Crippen molar-refractivity contribution in [1.82, 2.24) is 0 Å². The molecule has 0 spiro atoms. The van der Waals surface area contributed by atoms with Gasteiger partial charge in [0.1, 0.15) is 0 Å². The number of aliphatic carboxylic acids is 1. The molecule has 1 fully saturated rings. The monoisotopic (exact) mass is 333 g/mol. The van der Waals surface area contributed by atoms with Gasteiger partial charge in [-0.25, -0.2) is 0 Å². The van der Waals surface area contributed by atoms with Crippen molar-refractivity contribution in [3.05, 3.63) is 34.3 Å². The van der Waals surface area contributed by atoms with Crippen LogP contribution in [-0.2, 0) is 4.79 Å². The first-order valence-corrected chi connectivity index (χ1v) is 7.48. The number of carbonyl (C=O) groups excluding carboxylic acids is 2. The van der Waals surface area contributed by atoms with Crippen molar-refractivity contribution >= 4 is 61.1 Å². The van der Waals surface area contributed by atoms with E-state index in [0.717, 1.165) is 18.4 Å². The van der Waals surface area contributed by atoms with Crippen molar-refractivity contribution < 1.29 is 14.7 Å². The molecule has 5 heteroatoms. The summed E-state index contributed by atoms with van der Waals surface area (Å²) >= 11 is 6.29. The van der Waals surface area contributed by atoms with Gasteiger partial charge in [0.25, 0.3) is 0 Å². The molecule has 0 unspecified atom stereocenters. The fraction of sp³-hybridized carbons (Fsp3) is 0.500. The van der Waals surface area contributed by atoms with Crippen LogP contribution in [0.5, 0.6) is 0 Å². The van der Waals surface area contributed by atoms with Crippen LogP contribution < -0.4 is 5.11 Å². The Morgan fingerprint density at radius 2 is 1.81 bits per heavy atom. The summed E-state index contributed by atoms with van der Waals surface area (Å²) in [5.41, 5.74) is 1.60. The second-order valence-electron chi connectivity index (χ2n) is 5.37. The van der Waals surface area contributed by atoms with Crippen molar-refractivity contribution in [1.29, 1.82) is 0 Å². The first-order chi connectivity index (χ1) is 9.58. The van der Waals surface area contributed by atoms with Crippen LogP contribution in [-0.4, -0.2) is 49.5 Å². The average Bonchev–Trinajstić information content (AvgIpc) is 2.45. The average molecular weight is 334 g/mol. The van der Waals surface area contributed by atoms with E-state index in [1.165, 1.54) is 19.3 Å². The Morgan fingerprint density at radius 3 is 2.38 bits per heavy atom. The van der Waals surface area contributed by atoms with Crippen LogP contribution in [0.15, 0.2) is 18.2 Å². The topological polar surface area (TPSA) is 57.2 Å². The van der Waals surface area contributed by atoms with Crippen molar-refractivity contribution in [2.75, 3.05) is 0 Å². The van der Waals surface area contributed by atoms with Gasteiger partial charge in [-0.1, -0.05) is 43.0 Å². The van der Waals surface area contributed by atoms with Gasteiger partial charge in [0.2, 0.25) is 0 Å². The smallest absolute Gasteiger partial charge is 0.550 e. The number of hydrogen-bond acceptors (Lipinski definition) is 3. The Labute approximate surface area is 160 Å². The van der Waals surface area contributed by atoms with E-state index < -0.39 is 5.97 Å². The predicted molar refractivity (Wildman–Crippen MR) is 81.6 cm³/mol. The number of halogens is 1. The molecule has 0 atom stereocenters. The summed E-state index contributed by atoms with van der Waals surface area (Å²) in [6.07, 6.45) is 5.76. The second kappa shape index (κ2) is 9.14. The van der Waals surface area contributed by atoms with Crippen LogP contribution in [0.2, 0.25) is 5.02 Å². The number of Topliss-reactive ketones (excluding diaryl/α,β-unsaturated/α-hetero) is 1. The number of carboxylic acid groups (broad SMARTS) is 1. The Balaban J connectivity index is 0.00000220. The zero-order chi connectivity index (χ0) is 14.5. The fourth-order valence-corrected chi connectivity index (χ4v) is 3.14. The molecule has 0 heterocycles. The molecule has 0 amide bonds. The van der Waals surface area contributed by atoms with E-state index in [-0.39, 0.29) is 56.4 Å². The predicted octanol–water partition coefficient (Wildman–Crippen LogP) is 2.72. The van der Waals surface area contributed by atoms with Crippen LogP contribution >= 0.6 is 11.6 Å². The van der Waals surface area contributed by atoms with Gasteiger partial charge in [0.05, 0.1) is 0 Å². The minimum absolute atomic E-state index is 0. The van der Waals surface area contributed by atoms with E-state index in [2.05, 4.69) is 0 Å². The van der Waals surface area contributed by atoms with E-state index in [9.17, 15) is 14.7 Å². The molecule has 0 bridgehead atoms. The molecule has 2 rings (SSSR count).